The number of para-hydroxylation sites is 1. The van der Waals surface area contributed by atoms with Gasteiger partial charge < -0.3 is 14.8 Å². The Morgan fingerprint density at radius 1 is 1.47 bits per heavy atom. The number of rotatable bonds is 7. The normalized spacial score (nSPS) is 18.7. The Balaban J connectivity index is 1.80. The summed E-state index contributed by atoms with van der Waals surface area (Å²) in [5.74, 6) is 0.0917. The van der Waals surface area contributed by atoms with Crippen LogP contribution in [0.15, 0.2) is 18.2 Å². The lowest BCUT2D eigenvalue weighted by molar-refractivity contribution is 0.0978. The minimum absolute atomic E-state index is 0.287. The molecule has 1 fully saturated rings. The summed E-state index contributed by atoms with van der Waals surface area (Å²) in [7, 11) is 1.84. The minimum Gasteiger partial charge on any atom is -0.490 e. The molecule has 1 aromatic rings. The van der Waals surface area contributed by atoms with Gasteiger partial charge in [0.15, 0.2) is 11.6 Å². The van der Waals surface area contributed by atoms with E-state index in [1.165, 1.54) is 6.07 Å². The SMILES string of the molecule is CNCc1cccc(F)c1OCCCC1CCCO1. The summed E-state index contributed by atoms with van der Waals surface area (Å²) in [6.07, 6.45) is 4.57. The van der Waals surface area contributed by atoms with Gasteiger partial charge in [0.25, 0.3) is 0 Å². The third-order valence-electron chi connectivity index (χ3n) is 3.36. The Hall–Kier alpha value is -1.13. The molecule has 0 amide bonds. The molecule has 1 unspecified atom stereocenters. The van der Waals surface area contributed by atoms with Crippen LogP contribution in [0.25, 0.3) is 0 Å². The fourth-order valence-electron chi connectivity index (χ4n) is 2.40. The first-order valence-electron chi connectivity index (χ1n) is 6.97. The van der Waals surface area contributed by atoms with Crippen LogP contribution in [0, 0.1) is 5.82 Å². The molecule has 0 spiro atoms. The zero-order valence-corrected chi connectivity index (χ0v) is 11.5. The van der Waals surface area contributed by atoms with Crippen molar-refractivity contribution >= 4 is 0 Å². The van der Waals surface area contributed by atoms with Crippen molar-refractivity contribution in [2.45, 2.75) is 38.3 Å². The van der Waals surface area contributed by atoms with Crippen molar-refractivity contribution in [2.24, 2.45) is 0 Å². The molecule has 3 nitrogen and oxygen atoms in total. The molecule has 0 saturated carbocycles. The highest BCUT2D eigenvalue weighted by Gasteiger charge is 2.15. The van der Waals surface area contributed by atoms with Gasteiger partial charge in [0, 0.05) is 18.7 Å². The fourth-order valence-corrected chi connectivity index (χ4v) is 2.40. The highest BCUT2D eigenvalue weighted by molar-refractivity contribution is 5.34. The second-order valence-electron chi connectivity index (χ2n) is 4.88. The molecule has 1 aliphatic heterocycles. The lowest BCUT2D eigenvalue weighted by Crippen LogP contribution is -2.11. The van der Waals surface area contributed by atoms with Gasteiger partial charge in [-0.15, -0.1) is 0 Å². The van der Waals surface area contributed by atoms with Crippen molar-refractivity contribution in [1.82, 2.24) is 5.32 Å². The van der Waals surface area contributed by atoms with Crippen LogP contribution >= 0.6 is 0 Å². The molecule has 0 bridgehead atoms. The highest BCUT2D eigenvalue weighted by Crippen LogP contribution is 2.23. The second kappa shape index (κ2) is 7.46. The molecule has 1 heterocycles. The van der Waals surface area contributed by atoms with Crippen molar-refractivity contribution in [3.05, 3.63) is 29.6 Å². The van der Waals surface area contributed by atoms with E-state index in [0.29, 0.717) is 25.0 Å². The Labute approximate surface area is 114 Å². The molecule has 106 valence electrons. The van der Waals surface area contributed by atoms with Crippen LogP contribution in [0.2, 0.25) is 0 Å². The summed E-state index contributed by atoms with van der Waals surface area (Å²) in [5.41, 5.74) is 0.861. The van der Waals surface area contributed by atoms with Crippen LogP contribution in [-0.2, 0) is 11.3 Å². The van der Waals surface area contributed by atoms with Gasteiger partial charge >= 0.3 is 0 Å². The Kier molecular flexibility index (Phi) is 5.61. The van der Waals surface area contributed by atoms with Crippen molar-refractivity contribution in [1.29, 1.82) is 0 Å². The lowest BCUT2D eigenvalue weighted by Gasteiger charge is -2.13. The van der Waals surface area contributed by atoms with Gasteiger partial charge in [-0.25, -0.2) is 4.39 Å². The zero-order chi connectivity index (χ0) is 13.5. The molecule has 19 heavy (non-hydrogen) atoms. The molecule has 1 atom stereocenters. The number of halogens is 1. The number of hydrogen-bond acceptors (Lipinski definition) is 3. The summed E-state index contributed by atoms with van der Waals surface area (Å²) in [6.45, 7) is 2.03. The molecular formula is C15H22FNO2. The largest absolute Gasteiger partial charge is 0.490 e. The zero-order valence-electron chi connectivity index (χ0n) is 11.5. The number of hydrogen-bond donors (Lipinski definition) is 1. The summed E-state index contributed by atoms with van der Waals surface area (Å²) in [6, 6.07) is 5.03. The molecule has 0 aromatic heterocycles. The third kappa shape index (κ3) is 4.18. The first-order chi connectivity index (χ1) is 9.31. The summed E-state index contributed by atoms with van der Waals surface area (Å²) in [4.78, 5) is 0. The van der Waals surface area contributed by atoms with Gasteiger partial charge in [0.2, 0.25) is 0 Å². The lowest BCUT2D eigenvalue weighted by atomic mass is 10.1. The van der Waals surface area contributed by atoms with E-state index in [0.717, 1.165) is 37.9 Å². The predicted octanol–water partition coefficient (Wildman–Crippen LogP) is 2.88. The first-order valence-corrected chi connectivity index (χ1v) is 6.97. The molecule has 1 N–H and O–H groups in total. The van der Waals surface area contributed by atoms with Crippen LogP contribution in [0.4, 0.5) is 4.39 Å². The van der Waals surface area contributed by atoms with E-state index in [9.17, 15) is 4.39 Å². The number of benzene rings is 1. The van der Waals surface area contributed by atoms with E-state index in [1.807, 2.05) is 13.1 Å². The Bertz CT molecular complexity index is 392. The smallest absolute Gasteiger partial charge is 0.165 e. The van der Waals surface area contributed by atoms with Crippen molar-refractivity contribution in [3.8, 4) is 5.75 Å². The van der Waals surface area contributed by atoms with E-state index in [-0.39, 0.29) is 5.82 Å². The quantitative estimate of drug-likeness (QED) is 0.771. The first kappa shape index (κ1) is 14.3. The van der Waals surface area contributed by atoms with Gasteiger partial charge in [-0.05, 0) is 38.8 Å². The molecule has 2 rings (SSSR count). The van der Waals surface area contributed by atoms with Crippen LogP contribution in [0.1, 0.15) is 31.2 Å². The van der Waals surface area contributed by atoms with E-state index >= 15 is 0 Å². The summed E-state index contributed by atoms with van der Waals surface area (Å²) in [5, 5.41) is 3.02. The maximum Gasteiger partial charge on any atom is 0.165 e. The summed E-state index contributed by atoms with van der Waals surface area (Å²) < 4.78 is 24.9. The van der Waals surface area contributed by atoms with E-state index in [1.54, 1.807) is 6.07 Å². The van der Waals surface area contributed by atoms with Gasteiger partial charge in [-0.1, -0.05) is 12.1 Å². The topological polar surface area (TPSA) is 30.5 Å². The molecular weight excluding hydrogens is 245 g/mol. The van der Waals surface area contributed by atoms with Crippen molar-refractivity contribution in [2.75, 3.05) is 20.3 Å². The van der Waals surface area contributed by atoms with Gasteiger partial charge in [-0.2, -0.15) is 0 Å². The molecule has 0 radical (unpaired) electrons. The predicted molar refractivity (Wildman–Crippen MR) is 72.9 cm³/mol. The van der Waals surface area contributed by atoms with Crippen molar-refractivity contribution < 1.29 is 13.9 Å². The Morgan fingerprint density at radius 3 is 3.11 bits per heavy atom. The van der Waals surface area contributed by atoms with Crippen molar-refractivity contribution in [3.63, 3.8) is 0 Å². The minimum atomic E-state index is -0.287. The van der Waals surface area contributed by atoms with Crippen LogP contribution in [0.5, 0.6) is 5.75 Å². The van der Waals surface area contributed by atoms with Gasteiger partial charge in [-0.3, -0.25) is 0 Å². The van der Waals surface area contributed by atoms with E-state index in [4.69, 9.17) is 9.47 Å². The van der Waals surface area contributed by atoms with Crippen LogP contribution in [-0.4, -0.2) is 26.4 Å². The monoisotopic (exact) mass is 267 g/mol. The van der Waals surface area contributed by atoms with Crippen LogP contribution < -0.4 is 10.1 Å². The fraction of sp³-hybridized carbons (Fsp3) is 0.600. The number of nitrogens with one attached hydrogen (secondary N) is 1. The highest BCUT2D eigenvalue weighted by atomic mass is 19.1. The van der Waals surface area contributed by atoms with Gasteiger partial charge in [0.1, 0.15) is 0 Å². The average Bonchev–Trinajstić information content (AvgIpc) is 2.90. The Morgan fingerprint density at radius 2 is 2.37 bits per heavy atom. The second-order valence-corrected chi connectivity index (χ2v) is 4.88. The molecule has 1 aliphatic rings. The van der Waals surface area contributed by atoms with Crippen LogP contribution in [0.3, 0.4) is 0 Å². The standard InChI is InChI=1S/C15H22FNO2/c1-17-11-12-5-2-8-14(16)15(12)19-10-4-7-13-6-3-9-18-13/h2,5,8,13,17H,3-4,6-7,9-11H2,1H3. The average molecular weight is 267 g/mol. The van der Waals surface area contributed by atoms with Gasteiger partial charge in [0.05, 0.1) is 12.7 Å². The maximum atomic E-state index is 13.7. The molecule has 1 aromatic carbocycles. The third-order valence-corrected chi connectivity index (χ3v) is 3.36. The molecule has 4 heteroatoms. The maximum absolute atomic E-state index is 13.7. The molecule has 1 saturated heterocycles. The number of ether oxygens (including phenoxy) is 2. The van der Waals surface area contributed by atoms with E-state index in [2.05, 4.69) is 5.32 Å². The summed E-state index contributed by atoms with van der Waals surface area (Å²) >= 11 is 0. The molecule has 0 aliphatic carbocycles. The van der Waals surface area contributed by atoms with E-state index < -0.39 is 0 Å².